The fourth-order valence-electron chi connectivity index (χ4n) is 3.15. The molecule has 3 aromatic rings. The van der Waals surface area contributed by atoms with E-state index in [4.69, 9.17) is 10.3 Å². The highest BCUT2D eigenvalue weighted by Crippen LogP contribution is 2.37. The van der Waals surface area contributed by atoms with Gasteiger partial charge < -0.3 is 15.6 Å². The molecule has 1 unspecified atom stereocenters. The summed E-state index contributed by atoms with van der Waals surface area (Å²) in [6, 6.07) is 12.4. The van der Waals surface area contributed by atoms with Crippen molar-refractivity contribution in [1.29, 1.82) is 0 Å². The van der Waals surface area contributed by atoms with Crippen LogP contribution in [0.15, 0.2) is 59.4 Å². The number of aromatic nitrogens is 3. The monoisotopic (exact) mass is 399 g/mol. The number of carbonyl (C=O) groups excluding carboxylic acids is 1. The molecule has 146 valence electrons. The third-order valence-electron chi connectivity index (χ3n) is 4.93. The number of rotatable bonds is 6. The molecular weight excluding hydrogens is 378 g/mol. The van der Waals surface area contributed by atoms with Crippen molar-refractivity contribution < 1.29 is 9.32 Å². The van der Waals surface area contributed by atoms with Gasteiger partial charge in [0, 0.05) is 24.4 Å². The van der Waals surface area contributed by atoms with Gasteiger partial charge in [-0.05, 0) is 43.0 Å². The summed E-state index contributed by atoms with van der Waals surface area (Å²) in [7, 11) is 0. The molecule has 28 heavy (non-hydrogen) atoms. The van der Waals surface area contributed by atoms with Gasteiger partial charge in [0.1, 0.15) is 6.04 Å². The van der Waals surface area contributed by atoms with E-state index in [1.807, 2.05) is 30.3 Å². The average Bonchev–Trinajstić information content (AvgIpc) is 3.17. The van der Waals surface area contributed by atoms with Crippen molar-refractivity contribution in [3.05, 3.63) is 77.7 Å². The quantitative estimate of drug-likeness (QED) is 0.659. The van der Waals surface area contributed by atoms with Gasteiger partial charge in [0.2, 0.25) is 5.89 Å². The number of carbonyl (C=O) groups is 1. The molecule has 2 aromatic heterocycles. The van der Waals surface area contributed by atoms with E-state index in [0.29, 0.717) is 23.7 Å². The Morgan fingerprint density at radius 1 is 1.21 bits per heavy atom. The number of hydrogen-bond acceptors (Lipinski definition) is 6. The highest BCUT2D eigenvalue weighted by Gasteiger charge is 2.39. The Kier molecular flexibility index (Phi) is 6.06. The molecule has 1 aliphatic rings. The lowest BCUT2D eigenvalue weighted by Crippen LogP contribution is -2.44. The lowest BCUT2D eigenvalue weighted by atomic mass is 9.77. The maximum Gasteiger partial charge on any atom is 0.251 e. The van der Waals surface area contributed by atoms with Crippen molar-refractivity contribution in [3.63, 3.8) is 0 Å². The van der Waals surface area contributed by atoms with Crippen LogP contribution in [0.2, 0.25) is 0 Å². The molecule has 0 saturated heterocycles. The second-order valence-corrected chi connectivity index (χ2v) is 6.92. The molecule has 7 nitrogen and oxygen atoms in total. The molecule has 1 amide bonds. The Bertz CT molecular complexity index is 913. The van der Waals surface area contributed by atoms with Gasteiger partial charge >= 0.3 is 0 Å². The second-order valence-electron chi connectivity index (χ2n) is 6.92. The van der Waals surface area contributed by atoms with Crippen LogP contribution in [0.25, 0.3) is 0 Å². The van der Waals surface area contributed by atoms with Crippen LogP contribution in [0.3, 0.4) is 0 Å². The van der Waals surface area contributed by atoms with Crippen LogP contribution in [0, 0.1) is 0 Å². The van der Waals surface area contributed by atoms with Crippen LogP contribution in [0.5, 0.6) is 0 Å². The number of amides is 1. The second kappa shape index (κ2) is 8.50. The van der Waals surface area contributed by atoms with Gasteiger partial charge in [-0.25, -0.2) is 0 Å². The first kappa shape index (κ1) is 20.0. The van der Waals surface area contributed by atoms with Gasteiger partial charge in [-0.2, -0.15) is 4.98 Å². The zero-order valence-electron chi connectivity index (χ0n) is 15.2. The van der Waals surface area contributed by atoms with Crippen LogP contribution in [0.1, 0.15) is 52.9 Å². The van der Waals surface area contributed by atoms with Crippen molar-refractivity contribution in [2.24, 2.45) is 5.73 Å². The molecule has 1 atom stereocenters. The predicted octanol–water partition coefficient (Wildman–Crippen LogP) is 2.94. The summed E-state index contributed by atoms with van der Waals surface area (Å²) in [5.74, 6) is 0.666. The molecule has 3 N–H and O–H groups in total. The summed E-state index contributed by atoms with van der Waals surface area (Å²) in [6.07, 6.45) is 6.71. The molecule has 1 aliphatic carbocycles. The van der Waals surface area contributed by atoms with E-state index in [0.717, 1.165) is 24.8 Å². The van der Waals surface area contributed by atoms with E-state index in [1.165, 1.54) is 0 Å². The van der Waals surface area contributed by atoms with E-state index in [2.05, 4.69) is 20.4 Å². The van der Waals surface area contributed by atoms with Gasteiger partial charge in [-0.1, -0.05) is 29.4 Å². The molecule has 0 bridgehead atoms. The summed E-state index contributed by atoms with van der Waals surface area (Å²) in [5, 5.41) is 7.07. The Labute approximate surface area is 169 Å². The van der Waals surface area contributed by atoms with Crippen molar-refractivity contribution in [3.8, 4) is 0 Å². The van der Waals surface area contributed by atoms with Gasteiger partial charge in [0.25, 0.3) is 5.91 Å². The Morgan fingerprint density at radius 2 is 2.00 bits per heavy atom. The lowest BCUT2D eigenvalue weighted by Gasteiger charge is -2.34. The number of halogens is 1. The van der Waals surface area contributed by atoms with Gasteiger partial charge in [0.05, 0.1) is 5.54 Å². The minimum atomic E-state index is -0.510. The first-order chi connectivity index (χ1) is 13.1. The molecule has 0 radical (unpaired) electrons. The Hall–Kier alpha value is -2.77. The standard InChI is InChI=1S/C20H21N5O2.ClH/c21-20(9-5-10-20)19-24-18(27-25-19)16(12-14-6-4-11-22-13-14)23-17(26)15-7-2-1-3-8-15;/h1-4,6-8,11,13,16H,5,9-10,12,21H2,(H,23,26);1H. The summed E-state index contributed by atoms with van der Waals surface area (Å²) in [6.45, 7) is 0. The van der Waals surface area contributed by atoms with E-state index < -0.39 is 11.6 Å². The van der Waals surface area contributed by atoms with Crippen molar-refractivity contribution >= 4 is 18.3 Å². The van der Waals surface area contributed by atoms with Crippen LogP contribution >= 0.6 is 12.4 Å². The molecule has 0 spiro atoms. The SMILES string of the molecule is Cl.NC1(c2noc(C(Cc3cccnc3)NC(=O)c3ccccc3)n2)CCC1. The highest BCUT2D eigenvalue weighted by atomic mass is 35.5. The fourth-order valence-corrected chi connectivity index (χ4v) is 3.15. The third kappa shape index (κ3) is 4.21. The topological polar surface area (TPSA) is 107 Å². The lowest BCUT2D eigenvalue weighted by molar-refractivity contribution is 0.0928. The number of nitrogens with two attached hydrogens (primary N) is 1. The summed E-state index contributed by atoms with van der Waals surface area (Å²) >= 11 is 0. The van der Waals surface area contributed by atoms with Crippen molar-refractivity contribution in [2.45, 2.75) is 37.3 Å². The maximum absolute atomic E-state index is 12.6. The molecule has 2 heterocycles. The molecule has 4 rings (SSSR count). The number of benzene rings is 1. The highest BCUT2D eigenvalue weighted by molar-refractivity contribution is 5.94. The molecular formula is C20H22ClN5O2. The van der Waals surface area contributed by atoms with Crippen LogP contribution in [-0.2, 0) is 12.0 Å². The minimum Gasteiger partial charge on any atom is -0.340 e. The van der Waals surface area contributed by atoms with E-state index in [1.54, 1.807) is 24.5 Å². The summed E-state index contributed by atoms with van der Waals surface area (Å²) in [4.78, 5) is 21.3. The molecule has 8 heteroatoms. The zero-order valence-corrected chi connectivity index (χ0v) is 16.1. The first-order valence-electron chi connectivity index (χ1n) is 9.02. The number of pyridine rings is 1. The number of nitrogens with zero attached hydrogens (tertiary/aromatic N) is 3. The fraction of sp³-hybridized carbons (Fsp3) is 0.300. The van der Waals surface area contributed by atoms with Crippen LogP contribution < -0.4 is 11.1 Å². The minimum absolute atomic E-state index is 0. The van der Waals surface area contributed by atoms with E-state index in [9.17, 15) is 4.79 Å². The molecule has 0 aliphatic heterocycles. The van der Waals surface area contributed by atoms with Crippen molar-refractivity contribution in [1.82, 2.24) is 20.4 Å². The van der Waals surface area contributed by atoms with Gasteiger partial charge in [0.15, 0.2) is 5.82 Å². The summed E-state index contributed by atoms with van der Waals surface area (Å²) in [5.41, 5.74) is 7.32. The number of nitrogens with one attached hydrogen (secondary N) is 1. The van der Waals surface area contributed by atoms with Gasteiger partial charge in [-0.15, -0.1) is 12.4 Å². The zero-order chi connectivity index (χ0) is 18.7. The normalized spacial score (nSPS) is 15.8. The molecule has 1 saturated carbocycles. The smallest absolute Gasteiger partial charge is 0.251 e. The molecule has 1 fully saturated rings. The first-order valence-corrected chi connectivity index (χ1v) is 9.02. The third-order valence-corrected chi connectivity index (χ3v) is 4.93. The van der Waals surface area contributed by atoms with Crippen LogP contribution in [-0.4, -0.2) is 21.0 Å². The Morgan fingerprint density at radius 3 is 2.64 bits per heavy atom. The van der Waals surface area contributed by atoms with Crippen molar-refractivity contribution in [2.75, 3.05) is 0 Å². The maximum atomic E-state index is 12.6. The average molecular weight is 400 g/mol. The molecule has 1 aromatic carbocycles. The largest absolute Gasteiger partial charge is 0.340 e. The van der Waals surface area contributed by atoms with E-state index in [-0.39, 0.29) is 18.3 Å². The Balaban J connectivity index is 0.00000225. The number of hydrogen-bond donors (Lipinski definition) is 2. The predicted molar refractivity (Wildman–Crippen MR) is 106 cm³/mol. The van der Waals surface area contributed by atoms with E-state index >= 15 is 0 Å². The van der Waals surface area contributed by atoms with Gasteiger partial charge in [-0.3, -0.25) is 9.78 Å². The van der Waals surface area contributed by atoms with Crippen LogP contribution in [0.4, 0.5) is 0 Å². The summed E-state index contributed by atoms with van der Waals surface area (Å²) < 4.78 is 5.48.